The fraction of sp³-hybridized carbons (Fsp3) is 0.476. The third kappa shape index (κ3) is 8.36. The molecule has 28 heavy (non-hydrogen) atoms. The van der Waals surface area contributed by atoms with E-state index >= 15 is 0 Å². The number of benzene rings is 1. The number of hydrogen-bond donors (Lipinski definition) is 3. The minimum atomic E-state index is -0.614. The van der Waals surface area contributed by atoms with Gasteiger partial charge < -0.3 is 20.5 Å². The standard InChI is InChI=1S/C21H31N3O2S.HI/c1-5-22-21(23-13-16(4)20-7-6-12-27-20)24-14-19(25)17-8-10-18(11-9-17)26-15(2)3;/h6-12,15-16,19,25H,5,13-14H2,1-4H3,(H2,22,23,24);1H. The predicted octanol–water partition coefficient (Wildman–Crippen LogP) is 4.55. The molecule has 0 aliphatic rings. The summed E-state index contributed by atoms with van der Waals surface area (Å²) >= 11 is 1.76. The quantitative estimate of drug-likeness (QED) is 0.260. The van der Waals surface area contributed by atoms with Crippen LogP contribution in [0, 0.1) is 0 Å². The molecule has 0 radical (unpaired) electrons. The second kappa shape index (κ2) is 13.0. The molecule has 1 heterocycles. The number of rotatable bonds is 9. The molecule has 2 unspecified atom stereocenters. The SMILES string of the molecule is CCNC(=NCC(C)c1cccs1)NCC(O)c1ccc(OC(C)C)cc1.I. The Labute approximate surface area is 189 Å². The van der Waals surface area contributed by atoms with Gasteiger partial charge in [-0.3, -0.25) is 4.99 Å². The van der Waals surface area contributed by atoms with Gasteiger partial charge in [0.2, 0.25) is 0 Å². The molecule has 0 amide bonds. The zero-order chi connectivity index (χ0) is 19.6. The first-order valence-corrected chi connectivity index (χ1v) is 10.4. The van der Waals surface area contributed by atoms with Crippen molar-refractivity contribution >= 4 is 41.3 Å². The molecular weight excluding hydrogens is 485 g/mol. The Hall–Kier alpha value is -1.32. The molecule has 3 N–H and O–H groups in total. The highest BCUT2D eigenvalue weighted by Gasteiger charge is 2.10. The highest BCUT2D eigenvalue weighted by Crippen LogP contribution is 2.21. The van der Waals surface area contributed by atoms with Crippen molar-refractivity contribution in [1.29, 1.82) is 0 Å². The highest BCUT2D eigenvalue weighted by atomic mass is 127. The van der Waals surface area contributed by atoms with Crippen molar-refractivity contribution < 1.29 is 9.84 Å². The molecule has 0 bridgehead atoms. The van der Waals surface area contributed by atoms with Gasteiger partial charge in [-0.1, -0.05) is 25.1 Å². The lowest BCUT2D eigenvalue weighted by atomic mass is 10.1. The highest BCUT2D eigenvalue weighted by molar-refractivity contribution is 14.0. The number of halogens is 1. The van der Waals surface area contributed by atoms with Crippen molar-refractivity contribution in [3.63, 3.8) is 0 Å². The fourth-order valence-corrected chi connectivity index (χ4v) is 3.36. The summed E-state index contributed by atoms with van der Waals surface area (Å²) in [7, 11) is 0. The van der Waals surface area contributed by atoms with Crippen LogP contribution in [0.25, 0.3) is 0 Å². The van der Waals surface area contributed by atoms with E-state index in [9.17, 15) is 5.11 Å². The van der Waals surface area contributed by atoms with Crippen LogP contribution < -0.4 is 15.4 Å². The van der Waals surface area contributed by atoms with Gasteiger partial charge >= 0.3 is 0 Å². The number of guanidine groups is 1. The van der Waals surface area contributed by atoms with Crippen LogP contribution in [0.1, 0.15) is 50.2 Å². The van der Waals surface area contributed by atoms with Gasteiger partial charge in [-0.05, 0) is 49.9 Å². The van der Waals surface area contributed by atoms with Crippen molar-refractivity contribution in [3.05, 3.63) is 52.2 Å². The molecule has 0 aliphatic heterocycles. The second-order valence-electron chi connectivity index (χ2n) is 6.77. The number of aliphatic hydroxyl groups is 1. The van der Waals surface area contributed by atoms with Crippen molar-refractivity contribution in [2.24, 2.45) is 4.99 Å². The van der Waals surface area contributed by atoms with Crippen molar-refractivity contribution in [1.82, 2.24) is 10.6 Å². The number of hydrogen-bond acceptors (Lipinski definition) is 4. The zero-order valence-electron chi connectivity index (χ0n) is 17.0. The lowest BCUT2D eigenvalue weighted by Crippen LogP contribution is -2.39. The third-order valence-electron chi connectivity index (χ3n) is 4.00. The minimum absolute atomic E-state index is 0. The summed E-state index contributed by atoms with van der Waals surface area (Å²) in [6.45, 7) is 10.1. The number of thiophene rings is 1. The van der Waals surface area contributed by atoms with Crippen LogP contribution in [0.2, 0.25) is 0 Å². The van der Waals surface area contributed by atoms with Gasteiger partial charge in [0.1, 0.15) is 5.75 Å². The smallest absolute Gasteiger partial charge is 0.191 e. The summed E-state index contributed by atoms with van der Waals surface area (Å²) < 4.78 is 5.64. The maximum atomic E-state index is 10.5. The molecule has 1 aromatic heterocycles. The van der Waals surface area contributed by atoms with Crippen molar-refractivity contribution in [2.75, 3.05) is 19.6 Å². The van der Waals surface area contributed by atoms with Gasteiger partial charge in [0, 0.05) is 23.9 Å². The van der Waals surface area contributed by atoms with Crippen molar-refractivity contribution in [3.8, 4) is 5.75 Å². The number of nitrogens with one attached hydrogen (secondary N) is 2. The summed E-state index contributed by atoms with van der Waals surface area (Å²) in [5.41, 5.74) is 0.849. The largest absolute Gasteiger partial charge is 0.491 e. The van der Waals surface area contributed by atoms with Crippen LogP contribution >= 0.6 is 35.3 Å². The van der Waals surface area contributed by atoms with Crippen LogP contribution in [-0.4, -0.2) is 36.8 Å². The number of ether oxygens (including phenoxy) is 1. The van der Waals surface area contributed by atoms with Crippen LogP contribution in [0.3, 0.4) is 0 Å². The average Bonchev–Trinajstić information content (AvgIpc) is 3.18. The summed E-state index contributed by atoms with van der Waals surface area (Å²) in [6.07, 6.45) is -0.477. The maximum absolute atomic E-state index is 10.5. The Morgan fingerprint density at radius 3 is 2.43 bits per heavy atom. The summed E-state index contributed by atoms with van der Waals surface area (Å²) in [4.78, 5) is 5.98. The second-order valence-corrected chi connectivity index (χ2v) is 7.75. The molecule has 0 saturated carbocycles. The molecule has 2 rings (SSSR count). The molecule has 1 aromatic carbocycles. The van der Waals surface area contributed by atoms with Gasteiger partial charge in [0.05, 0.1) is 18.8 Å². The summed E-state index contributed by atoms with van der Waals surface area (Å²) in [5, 5.41) is 19.0. The molecule has 2 atom stereocenters. The van der Waals surface area contributed by atoms with Gasteiger partial charge in [0.15, 0.2) is 5.96 Å². The van der Waals surface area contributed by atoms with E-state index in [1.165, 1.54) is 4.88 Å². The molecule has 0 aliphatic carbocycles. The molecule has 0 spiro atoms. The molecule has 0 saturated heterocycles. The van der Waals surface area contributed by atoms with Crippen LogP contribution in [0.4, 0.5) is 0 Å². The van der Waals surface area contributed by atoms with E-state index in [2.05, 4.69) is 40.1 Å². The lowest BCUT2D eigenvalue weighted by Gasteiger charge is -2.17. The van der Waals surface area contributed by atoms with Crippen LogP contribution in [-0.2, 0) is 0 Å². The van der Waals surface area contributed by atoms with Crippen LogP contribution in [0.5, 0.6) is 5.75 Å². The van der Waals surface area contributed by atoms with Gasteiger partial charge in [0.25, 0.3) is 0 Å². The Kier molecular flexibility index (Phi) is 11.5. The van der Waals surface area contributed by atoms with E-state index in [0.717, 1.165) is 23.8 Å². The number of aliphatic imine (C=N–C) groups is 1. The lowest BCUT2D eigenvalue weighted by molar-refractivity contribution is 0.180. The van der Waals surface area contributed by atoms with E-state index in [0.29, 0.717) is 19.0 Å². The Morgan fingerprint density at radius 1 is 1.14 bits per heavy atom. The molecular formula is C21H32IN3O2S. The first-order valence-electron chi connectivity index (χ1n) is 9.49. The van der Waals surface area contributed by atoms with Crippen molar-refractivity contribution in [2.45, 2.75) is 45.8 Å². The van der Waals surface area contributed by atoms with Crippen LogP contribution in [0.15, 0.2) is 46.8 Å². The summed E-state index contributed by atoms with van der Waals surface area (Å²) in [6, 6.07) is 11.8. The maximum Gasteiger partial charge on any atom is 0.191 e. The third-order valence-corrected chi connectivity index (χ3v) is 5.10. The monoisotopic (exact) mass is 517 g/mol. The fourth-order valence-electron chi connectivity index (χ4n) is 2.58. The van der Waals surface area contributed by atoms with E-state index < -0.39 is 6.10 Å². The molecule has 2 aromatic rings. The van der Waals surface area contributed by atoms with Gasteiger partial charge in [-0.25, -0.2) is 0 Å². The molecule has 0 fully saturated rings. The van der Waals surface area contributed by atoms with E-state index in [1.807, 2.05) is 45.0 Å². The first kappa shape index (κ1) is 24.7. The van der Waals surface area contributed by atoms with E-state index in [-0.39, 0.29) is 30.1 Å². The zero-order valence-corrected chi connectivity index (χ0v) is 20.2. The Morgan fingerprint density at radius 2 is 1.86 bits per heavy atom. The van der Waals surface area contributed by atoms with Gasteiger partial charge in [-0.2, -0.15) is 0 Å². The predicted molar refractivity (Wildman–Crippen MR) is 129 cm³/mol. The van der Waals surface area contributed by atoms with E-state index in [1.54, 1.807) is 11.3 Å². The normalized spacial score (nSPS) is 13.6. The number of aliphatic hydroxyl groups excluding tert-OH is 1. The minimum Gasteiger partial charge on any atom is -0.491 e. The Balaban J connectivity index is 0.00000392. The molecule has 7 heteroatoms. The molecule has 5 nitrogen and oxygen atoms in total. The first-order chi connectivity index (χ1) is 13.0. The topological polar surface area (TPSA) is 65.9 Å². The number of nitrogens with zero attached hydrogens (tertiary/aromatic N) is 1. The average molecular weight is 517 g/mol. The molecule has 156 valence electrons. The van der Waals surface area contributed by atoms with Gasteiger partial charge in [-0.15, -0.1) is 35.3 Å². The summed E-state index contributed by atoms with van der Waals surface area (Å²) in [5.74, 6) is 1.91. The Bertz CT molecular complexity index is 690. The van der Waals surface area contributed by atoms with E-state index in [4.69, 9.17) is 4.74 Å².